The number of hydrogen-bond donors (Lipinski definition) is 1. The minimum atomic E-state index is 0.0264. The lowest BCUT2D eigenvalue weighted by Crippen LogP contribution is -2.48. The summed E-state index contributed by atoms with van der Waals surface area (Å²) in [5.41, 5.74) is 8.07. The summed E-state index contributed by atoms with van der Waals surface area (Å²) in [6, 6.07) is 6.08. The van der Waals surface area contributed by atoms with Crippen LogP contribution < -0.4 is 10.5 Å². The molecule has 1 heterocycles. The van der Waals surface area contributed by atoms with Crippen molar-refractivity contribution in [1.82, 2.24) is 4.90 Å². The van der Waals surface area contributed by atoms with Gasteiger partial charge in [0.1, 0.15) is 11.4 Å². The average molecular weight is 260 g/mol. The SMILES string of the molecule is CN(C)C[C@H]1CCCC[C@]12Cc1cc(N)ccc1O2. The summed E-state index contributed by atoms with van der Waals surface area (Å²) in [5, 5.41) is 0. The molecule has 2 N–H and O–H groups in total. The first-order chi connectivity index (χ1) is 9.09. The normalized spacial score (nSPS) is 29.5. The van der Waals surface area contributed by atoms with E-state index in [0.717, 1.165) is 24.4 Å². The summed E-state index contributed by atoms with van der Waals surface area (Å²) < 4.78 is 6.42. The molecule has 0 bridgehead atoms. The van der Waals surface area contributed by atoms with Gasteiger partial charge in [0.15, 0.2) is 0 Å². The predicted molar refractivity (Wildman–Crippen MR) is 78.4 cm³/mol. The van der Waals surface area contributed by atoms with Crippen LogP contribution in [0.25, 0.3) is 0 Å². The molecule has 3 rings (SSSR count). The molecule has 1 fully saturated rings. The highest BCUT2D eigenvalue weighted by Crippen LogP contribution is 2.47. The number of ether oxygens (including phenoxy) is 1. The largest absolute Gasteiger partial charge is 0.486 e. The number of nitrogen functional groups attached to an aromatic ring is 1. The van der Waals surface area contributed by atoms with E-state index < -0.39 is 0 Å². The van der Waals surface area contributed by atoms with Gasteiger partial charge in [0.25, 0.3) is 0 Å². The molecule has 1 spiro atoms. The third-order valence-electron chi connectivity index (χ3n) is 4.62. The van der Waals surface area contributed by atoms with Gasteiger partial charge in [-0.15, -0.1) is 0 Å². The minimum Gasteiger partial charge on any atom is -0.486 e. The van der Waals surface area contributed by atoms with Crippen molar-refractivity contribution in [2.45, 2.75) is 37.7 Å². The first-order valence-corrected chi connectivity index (χ1v) is 7.31. The Bertz CT molecular complexity index is 472. The lowest BCUT2D eigenvalue weighted by Gasteiger charge is -2.41. The molecule has 3 heteroatoms. The zero-order chi connectivity index (χ0) is 13.5. The Kier molecular flexibility index (Phi) is 3.17. The summed E-state index contributed by atoms with van der Waals surface area (Å²) in [4.78, 5) is 2.29. The maximum atomic E-state index is 6.42. The lowest BCUT2D eigenvalue weighted by atomic mass is 9.73. The maximum absolute atomic E-state index is 6.42. The number of nitrogens with two attached hydrogens (primary N) is 1. The number of benzene rings is 1. The molecule has 1 saturated carbocycles. The van der Waals surface area contributed by atoms with Crippen LogP contribution in [0.4, 0.5) is 5.69 Å². The second-order valence-electron chi connectivity index (χ2n) is 6.42. The fraction of sp³-hybridized carbons (Fsp3) is 0.625. The molecule has 0 unspecified atom stereocenters. The number of rotatable bonds is 2. The first kappa shape index (κ1) is 12.8. The van der Waals surface area contributed by atoms with Crippen LogP contribution in [-0.4, -0.2) is 31.1 Å². The molecule has 2 atom stereocenters. The van der Waals surface area contributed by atoms with Gasteiger partial charge in [-0.1, -0.05) is 6.42 Å². The molecule has 2 aliphatic rings. The first-order valence-electron chi connectivity index (χ1n) is 7.31. The number of anilines is 1. The Balaban J connectivity index is 1.87. The van der Waals surface area contributed by atoms with Crippen molar-refractivity contribution < 1.29 is 4.74 Å². The van der Waals surface area contributed by atoms with E-state index in [0.29, 0.717) is 5.92 Å². The van der Waals surface area contributed by atoms with Crippen molar-refractivity contribution in [3.8, 4) is 5.75 Å². The van der Waals surface area contributed by atoms with Crippen LogP contribution in [-0.2, 0) is 6.42 Å². The van der Waals surface area contributed by atoms with Crippen LogP contribution in [0.2, 0.25) is 0 Å². The topological polar surface area (TPSA) is 38.5 Å². The Morgan fingerprint density at radius 1 is 1.37 bits per heavy atom. The fourth-order valence-corrected chi connectivity index (χ4v) is 3.76. The van der Waals surface area contributed by atoms with E-state index in [-0.39, 0.29) is 5.60 Å². The molecular weight excluding hydrogens is 236 g/mol. The number of hydrogen-bond acceptors (Lipinski definition) is 3. The Labute approximate surface area is 115 Å². The van der Waals surface area contributed by atoms with Gasteiger partial charge >= 0.3 is 0 Å². The number of nitrogens with zero attached hydrogens (tertiary/aromatic N) is 1. The van der Waals surface area contributed by atoms with Crippen LogP contribution in [0.1, 0.15) is 31.2 Å². The monoisotopic (exact) mass is 260 g/mol. The number of fused-ring (bicyclic) bond motifs is 1. The Hall–Kier alpha value is -1.22. The van der Waals surface area contributed by atoms with Gasteiger partial charge in [0, 0.05) is 30.1 Å². The summed E-state index contributed by atoms with van der Waals surface area (Å²) in [6.45, 7) is 1.11. The third kappa shape index (κ3) is 2.32. The van der Waals surface area contributed by atoms with Gasteiger partial charge in [0.05, 0.1) is 0 Å². The molecule has 3 nitrogen and oxygen atoms in total. The predicted octanol–water partition coefficient (Wildman–Crippen LogP) is 2.69. The standard InChI is InChI=1S/C16H24N2O/c1-18(2)11-13-5-3-4-8-16(13)10-12-9-14(17)6-7-15(12)19-16/h6-7,9,13H,3-5,8,10-11,17H2,1-2H3/t13-,16+/m1/s1. The van der Waals surface area contributed by atoms with E-state index in [1.54, 1.807) is 0 Å². The van der Waals surface area contributed by atoms with E-state index in [9.17, 15) is 0 Å². The molecule has 19 heavy (non-hydrogen) atoms. The third-order valence-corrected chi connectivity index (χ3v) is 4.62. The molecule has 104 valence electrons. The van der Waals surface area contributed by atoms with E-state index in [4.69, 9.17) is 10.5 Å². The smallest absolute Gasteiger partial charge is 0.123 e. The summed E-state index contributed by atoms with van der Waals surface area (Å²) in [7, 11) is 4.31. The quantitative estimate of drug-likeness (QED) is 0.831. The van der Waals surface area contributed by atoms with Crippen molar-refractivity contribution in [3.05, 3.63) is 23.8 Å². The summed E-state index contributed by atoms with van der Waals surface area (Å²) >= 11 is 0. The Morgan fingerprint density at radius 3 is 3.00 bits per heavy atom. The van der Waals surface area contributed by atoms with Crippen molar-refractivity contribution in [2.75, 3.05) is 26.4 Å². The molecule has 1 aromatic carbocycles. The summed E-state index contributed by atoms with van der Waals surface area (Å²) in [5.74, 6) is 1.68. The second-order valence-corrected chi connectivity index (χ2v) is 6.42. The fourth-order valence-electron chi connectivity index (χ4n) is 3.76. The van der Waals surface area contributed by atoms with E-state index in [1.165, 1.54) is 31.2 Å². The average Bonchev–Trinajstić information content (AvgIpc) is 2.70. The van der Waals surface area contributed by atoms with Gasteiger partial charge in [-0.25, -0.2) is 0 Å². The van der Waals surface area contributed by atoms with Gasteiger partial charge in [0.2, 0.25) is 0 Å². The van der Waals surface area contributed by atoms with Crippen molar-refractivity contribution in [3.63, 3.8) is 0 Å². The van der Waals surface area contributed by atoms with Gasteiger partial charge in [-0.2, -0.15) is 0 Å². The Morgan fingerprint density at radius 2 is 2.21 bits per heavy atom. The van der Waals surface area contributed by atoms with Gasteiger partial charge < -0.3 is 15.4 Å². The van der Waals surface area contributed by atoms with Crippen LogP contribution in [0, 0.1) is 5.92 Å². The lowest BCUT2D eigenvalue weighted by molar-refractivity contribution is -0.0150. The molecule has 1 aliphatic heterocycles. The zero-order valence-electron chi connectivity index (χ0n) is 12.0. The highest BCUT2D eigenvalue weighted by molar-refractivity contribution is 5.50. The molecule has 0 saturated heterocycles. The van der Waals surface area contributed by atoms with Crippen LogP contribution in [0.15, 0.2) is 18.2 Å². The van der Waals surface area contributed by atoms with Crippen LogP contribution in [0.3, 0.4) is 0 Å². The molecule has 0 aromatic heterocycles. The van der Waals surface area contributed by atoms with Crippen molar-refractivity contribution >= 4 is 5.69 Å². The van der Waals surface area contributed by atoms with Crippen LogP contribution >= 0.6 is 0 Å². The molecule has 1 aliphatic carbocycles. The van der Waals surface area contributed by atoms with Crippen molar-refractivity contribution in [1.29, 1.82) is 0 Å². The van der Waals surface area contributed by atoms with E-state index in [1.807, 2.05) is 12.1 Å². The van der Waals surface area contributed by atoms with E-state index >= 15 is 0 Å². The summed E-state index contributed by atoms with van der Waals surface area (Å²) in [6.07, 6.45) is 6.11. The molecular formula is C16H24N2O. The molecule has 0 amide bonds. The molecule has 0 radical (unpaired) electrons. The second kappa shape index (κ2) is 4.71. The van der Waals surface area contributed by atoms with Crippen LogP contribution in [0.5, 0.6) is 5.75 Å². The van der Waals surface area contributed by atoms with Gasteiger partial charge in [-0.3, -0.25) is 0 Å². The zero-order valence-corrected chi connectivity index (χ0v) is 12.0. The minimum absolute atomic E-state index is 0.0264. The molecule has 1 aromatic rings. The maximum Gasteiger partial charge on any atom is 0.123 e. The highest BCUT2D eigenvalue weighted by Gasteiger charge is 2.47. The van der Waals surface area contributed by atoms with Gasteiger partial charge in [-0.05, 0) is 51.6 Å². The van der Waals surface area contributed by atoms with E-state index in [2.05, 4.69) is 25.1 Å². The highest BCUT2D eigenvalue weighted by atomic mass is 16.5. The van der Waals surface area contributed by atoms with Crippen molar-refractivity contribution in [2.24, 2.45) is 5.92 Å².